The number of anilines is 1. The number of amides is 6. The van der Waals surface area contributed by atoms with Crippen LogP contribution in [0.4, 0.5) is 5.69 Å². The molecule has 14 N–H and O–H groups in total. The average Bonchev–Trinajstić information content (AvgIpc) is 3.70. The van der Waals surface area contributed by atoms with Crippen molar-refractivity contribution < 1.29 is 33.9 Å². The van der Waals surface area contributed by atoms with Gasteiger partial charge in [0.15, 0.2) is 0 Å². The highest BCUT2D eigenvalue weighted by Crippen LogP contribution is 2.25. The Morgan fingerprint density at radius 3 is 2.25 bits per heavy atom. The molecule has 1 aliphatic rings. The number of nitrogens with zero attached hydrogens (tertiary/aromatic N) is 2. The Morgan fingerprint density at radius 1 is 0.846 bits per heavy atom. The predicted octanol–water partition coefficient (Wildman–Crippen LogP) is 1.92. The van der Waals surface area contributed by atoms with Gasteiger partial charge in [-0.2, -0.15) is 5.11 Å². The number of H-pyrrole nitrogens is 1. The minimum atomic E-state index is -1.30. The fraction of sp³-hybridized carbons (Fsp3) is 0.391. The maximum atomic E-state index is 14.4. The second-order valence-corrected chi connectivity index (χ2v) is 16.1. The molecule has 1 aromatic heterocycles. The molecule has 2 heterocycles. The van der Waals surface area contributed by atoms with Gasteiger partial charge in [0, 0.05) is 54.8 Å². The van der Waals surface area contributed by atoms with Crippen molar-refractivity contribution in [2.24, 2.45) is 22.3 Å². The summed E-state index contributed by atoms with van der Waals surface area (Å²) in [5, 5.41) is 28.4. The molecule has 0 bridgehead atoms. The highest BCUT2D eigenvalue weighted by molar-refractivity contribution is 6.03. The van der Waals surface area contributed by atoms with Crippen LogP contribution >= 0.6 is 0 Å². The molecule has 0 fully saturated rings. The summed E-state index contributed by atoms with van der Waals surface area (Å²) < 4.78 is 0. The Kier molecular flexibility index (Phi) is 18.1. The molecule has 65 heavy (non-hydrogen) atoms. The van der Waals surface area contributed by atoms with Crippen LogP contribution < -0.4 is 48.7 Å². The lowest BCUT2D eigenvalue weighted by molar-refractivity contribution is -0.134. The summed E-state index contributed by atoms with van der Waals surface area (Å²) in [6.07, 6.45) is 5.12. The number of benzene rings is 3. The molecule has 0 saturated heterocycles. The summed E-state index contributed by atoms with van der Waals surface area (Å²) in [6, 6.07) is 14.4. The maximum Gasteiger partial charge on any atom is 0.247 e. The van der Waals surface area contributed by atoms with E-state index < -0.39 is 72.2 Å². The van der Waals surface area contributed by atoms with Crippen LogP contribution in [0, 0.1) is 12.5 Å². The van der Waals surface area contributed by atoms with Crippen molar-refractivity contribution in [1.82, 2.24) is 31.6 Å². The minimum absolute atomic E-state index is 0.00850. The van der Waals surface area contributed by atoms with Crippen molar-refractivity contribution in [2.75, 3.05) is 24.5 Å². The predicted molar refractivity (Wildman–Crippen MR) is 245 cm³/mol. The van der Waals surface area contributed by atoms with Crippen molar-refractivity contribution in [3.63, 3.8) is 0 Å². The number of nitrogens with one attached hydrogen (secondary N) is 7. The Labute approximate surface area is 377 Å². The van der Waals surface area contributed by atoms with Gasteiger partial charge < -0.3 is 53.9 Å². The molecule has 0 saturated carbocycles. The van der Waals surface area contributed by atoms with Crippen molar-refractivity contribution in [3.05, 3.63) is 108 Å². The largest absolute Gasteiger partial charge is 0.508 e. The number of hydrogen-bond donors (Lipinski definition) is 11. The van der Waals surface area contributed by atoms with Crippen LogP contribution in [0.1, 0.15) is 61.6 Å². The van der Waals surface area contributed by atoms with Crippen LogP contribution in [-0.2, 0) is 41.6 Å². The minimum Gasteiger partial charge on any atom is -0.508 e. The first kappa shape index (κ1) is 48.9. The average molecular weight is 893 g/mol. The monoisotopic (exact) mass is 892 g/mol. The Hall–Kier alpha value is -7.12. The van der Waals surface area contributed by atoms with Crippen LogP contribution in [0.5, 0.6) is 5.75 Å². The number of hydrogen-bond acceptors (Lipinski definition) is 12. The molecule has 19 heteroatoms. The zero-order chi connectivity index (χ0) is 46.9. The highest BCUT2D eigenvalue weighted by atomic mass is 16.3. The van der Waals surface area contributed by atoms with E-state index in [9.17, 15) is 33.9 Å². The lowest BCUT2D eigenvalue weighted by atomic mass is 10.0. The third-order valence-electron chi connectivity index (χ3n) is 11.2. The summed E-state index contributed by atoms with van der Waals surface area (Å²) >= 11 is 0. The molecule has 3 aromatic carbocycles. The second-order valence-electron chi connectivity index (χ2n) is 16.1. The number of aromatic hydroxyl groups is 1. The number of phenols is 1. The van der Waals surface area contributed by atoms with E-state index in [0.29, 0.717) is 61.2 Å². The molecule has 1 aliphatic heterocycles. The van der Waals surface area contributed by atoms with Gasteiger partial charge in [0.25, 0.3) is 0 Å². The van der Waals surface area contributed by atoms with Gasteiger partial charge in [-0.15, -0.1) is 0 Å². The summed E-state index contributed by atoms with van der Waals surface area (Å²) in [5.41, 5.74) is 29.2. The molecule has 6 amide bonds. The number of primary amides is 1. The number of unbranched alkanes of at least 4 members (excludes halogenated alkanes) is 1. The van der Waals surface area contributed by atoms with Gasteiger partial charge in [0.05, 0.1) is 18.3 Å². The van der Waals surface area contributed by atoms with Gasteiger partial charge in [-0.05, 0) is 92.9 Å². The number of aromatic nitrogens is 1. The SMILES string of the molecule is Cc1ccccc1N1C(=O)CNC(=O)[C@H](Cc2ccc(O)cc2)NC(=O)C(CCCCN)NC(=O)[C@H](Cc2c[nH]c3ccccc23)NC(=O)C(N)C/C(N=N)=C/NCCCC[C@@H]1C(N)=O. The molecule has 19 nitrogen and oxygen atoms in total. The lowest BCUT2D eigenvalue weighted by Gasteiger charge is -2.31. The van der Waals surface area contributed by atoms with Gasteiger partial charge in [-0.1, -0.05) is 48.5 Å². The number of aromatic amines is 1. The summed E-state index contributed by atoms with van der Waals surface area (Å²) in [7, 11) is 0. The molecule has 5 rings (SSSR count). The van der Waals surface area contributed by atoms with Gasteiger partial charge in [0.2, 0.25) is 35.4 Å². The van der Waals surface area contributed by atoms with E-state index in [1.165, 1.54) is 23.2 Å². The third-order valence-corrected chi connectivity index (χ3v) is 11.2. The molecular formula is C46H60N12O7. The summed E-state index contributed by atoms with van der Waals surface area (Å²) in [4.78, 5) is 88.3. The molecule has 0 aliphatic carbocycles. The van der Waals surface area contributed by atoms with Crippen LogP contribution in [0.15, 0.2) is 96.0 Å². The number of para-hydroxylation sites is 2. The van der Waals surface area contributed by atoms with Crippen LogP contribution in [0.25, 0.3) is 10.9 Å². The van der Waals surface area contributed by atoms with Crippen LogP contribution in [0.2, 0.25) is 0 Å². The molecule has 346 valence electrons. The van der Waals surface area contributed by atoms with Gasteiger partial charge in [-0.25, -0.2) is 5.53 Å². The Balaban J connectivity index is 1.52. The zero-order valence-corrected chi connectivity index (χ0v) is 36.5. The van der Waals surface area contributed by atoms with E-state index >= 15 is 0 Å². The fourth-order valence-corrected chi connectivity index (χ4v) is 7.68. The van der Waals surface area contributed by atoms with E-state index in [2.05, 4.69) is 36.7 Å². The smallest absolute Gasteiger partial charge is 0.247 e. The van der Waals surface area contributed by atoms with Crippen molar-refractivity contribution in [1.29, 1.82) is 5.53 Å². The van der Waals surface area contributed by atoms with E-state index in [-0.39, 0.29) is 43.6 Å². The first-order valence-electron chi connectivity index (χ1n) is 21.7. The van der Waals surface area contributed by atoms with Crippen molar-refractivity contribution >= 4 is 52.0 Å². The maximum absolute atomic E-state index is 14.4. The number of carbonyl (C=O) groups excluding carboxylic acids is 6. The summed E-state index contributed by atoms with van der Waals surface area (Å²) in [6.45, 7) is 1.89. The van der Waals surface area contributed by atoms with E-state index in [1.807, 2.05) is 24.3 Å². The Bertz CT molecular complexity index is 2330. The third kappa shape index (κ3) is 13.9. The molecule has 2 unspecified atom stereocenters. The number of carbonyl (C=O) groups is 6. The fourth-order valence-electron chi connectivity index (χ4n) is 7.68. The molecule has 0 spiro atoms. The molecular weight excluding hydrogens is 833 g/mol. The molecule has 0 radical (unpaired) electrons. The number of aryl methyl sites for hydroxylation is 1. The first-order valence-corrected chi connectivity index (χ1v) is 21.7. The normalized spacial score (nSPS) is 22.3. The summed E-state index contributed by atoms with van der Waals surface area (Å²) in [5.74, 6) is -4.26. The standard InChI is InChI=1S/C46H60N12O7/c1-28-10-2-5-14-39(28)58-40(42(49)61)15-7-9-21-51-26-31(57-50)24-34(48)43(62)55-38(23-30-25-52-35-12-4-3-11-33(30)35)46(65)54-36(13-6-8-20-47)45(64)56-37(44(63)53-27-41(58)60)22-29-16-18-32(59)19-17-29/h2-5,10-12,14,16-19,25-26,34,36-38,40,50-52,59H,6-9,13,15,20-24,27,47-48H2,1H3,(H2,49,61)(H,53,63)(H,54,65)(H,55,62)(H,56,64)/b31-26-,57-50?/t34?,36?,37-,38-,40+/m0/s1. The van der Waals surface area contributed by atoms with E-state index in [0.717, 1.165) is 10.9 Å². The topological polar surface area (TPSA) is 316 Å². The van der Waals surface area contributed by atoms with Gasteiger partial charge in [0.1, 0.15) is 29.9 Å². The van der Waals surface area contributed by atoms with Gasteiger partial charge >= 0.3 is 0 Å². The second kappa shape index (κ2) is 24.1. The molecule has 4 aromatic rings. The zero-order valence-electron chi connectivity index (χ0n) is 36.5. The van der Waals surface area contributed by atoms with Gasteiger partial charge in [-0.3, -0.25) is 33.7 Å². The van der Waals surface area contributed by atoms with E-state index in [1.54, 1.807) is 49.5 Å². The van der Waals surface area contributed by atoms with E-state index in [4.69, 9.17) is 22.7 Å². The molecule has 5 atom stereocenters. The van der Waals surface area contributed by atoms with Crippen LogP contribution in [0.3, 0.4) is 0 Å². The number of phenolic OH excluding ortho intramolecular Hbond substituents is 1. The lowest BCUT2D eigenvalue weighted by Crippen LogP contribution is -2.59. The van der Waals surface area contributed by atoms with Crippen molar-refractivity contribution in [2.45, 2.75) is 94.9 Å². The number of rotatable bonds is 11. The van der Waals surface area contributed by atoms with Crippen LogP contribution in [-0.4, -0.2) is 95.4 Å². The number of fused-ring (bicyclic) bond motifs is 1. The number of nitrogens with two attached hydrogens (primary N) is 3. The van der Waals surface area contributed by atoms with Crippen molar-refractivity contribution in [3.8, 4) is 5.75 Å². The highest BCUT2D eigenvalue weighted by Gasteiger charge is 2.34. The Morgan fingerprint density at radius 2 is 1.52 bits per heavy atom. The quantitative estimate of drug-likeness (QED) is 0.0768. The first-order chi connectivity index (χ1) is 31.3.